The van der Waals surface area contributed by atoms with Crippen LogP contribution in [0.25, 0.3) is 0 Å². The van der Waals surface area contributed by atoms with Gasteiger partial charge in [-0.15, -0.1) is 0 Å². The molecule has 0 aromatic heterocycles. The van der Waals surface area contributed by atoms with Crippen molar-refractivity contribution in [2.45, 2.75) is 32.1 Å². The molecule has 0 N–H and O–H groups in total. The molecule has 2 rings (SSSR count). The second-order valence-corrected chi connectivity index (χ2v) is 4.39. The normalized spacial score (nSPS) is 24.9. The second-order valence-electron chi connectivity index (χ2n) is 4.39. The van der Waals surface area contributed by atoms with Crippen molar-refractivity contribution in [1.29, 1.82) is 0 Å². The predicted octanol–water partition coefficient (Wildman–Crippen LogP) is 1.86. The standard InChI is InChI=1S/C12H16O3/c13-11(10-6-7-10)12(14)15-8-9-4-2-1-3-5-9/h1-2,9-10H,3-8H2. The lowest BCUT2D eigenvalue weighted by atomic mass is 9.95. The average Bonchev–Trinajstić information content (AvgIpc) is 3.10. The Balaban J connectivity index is 1.70. The fourth-order valence-corrected chi connectivity index (χ4v) is 1.78. The van der Waals surface area contributed by atoms with Crippen LogP contribution in [0.5, 0.6) is 0 Å². The lowest BCUT2D eigenvalue weighted by Crippen LogP contribution is -2.22. The van der Waals surface area contributed by atoms with Crippen LogP contribution in [-0.2, 0) is 14.3 Å². The van der Waals surface area contributed by atoms with E-state index < -0.39 is 5.97 Å². The Morgan fingerprint density at radius 3 is 2.60 bits per heavy atom. The van der Waals surface area contributed by atoms with Gasteiger partial charge in [0.05, 0.1) is 6.61 Å². The molecule has 0 aromatic rings. The minimum Gasteiger partial charge on any atom is -0.460 e. The largest absolute Gasteiger partial charge is 0.460 e. The van der Waals surface area contributed by atoms with E-state index in [1.165, 1.54) is 0 Å². The first-order valence-electron chi connectivity index (χ1n) is 5.63. The first-order valence-corrected chi connectivity index (χ1v) is 5.63. The molecule has 1 fully saturated rings. The zero-order chi connectivity index (χ0) is 10.7. The van der Waals surface area contributed by atoms with Crippen LogP contribution >= 0.6 is 0 Å². The van der Waals surface area contributed by atoms with Gasteiger partial charge in [-0.1, -0.05) is 12.2 Å². The minimum absolute atomic E-state index is 0.0243. The van der Waals surface area contributed by atoms with Gasteiger partial charge in [0.2, 0.25) is 5.78 Å². The molecule has 2 aliphatic carbocycles. The molecule has 2 aliphatic rings. The molecule has 0 saturated heterocycles. The molecule has 0 radical (unpaired) electrons. The lowest BCUT2D eigenvalue weighted by molar-refractivity contribution is -0.155. The molecule has 0 aliphatic heterocycles. The second kappa shape index (κ2) is 4.60. The number of ether oxygens (including phenoxy) is 1. The molecule has 0 aromatic carbocycles. The van der Waals surface area contributed by atoms with Crippen LogP contribution in [0.4, 0.5) is 0 Å². The van der Waals surface area contributed by atoms with E-state index in [1.807, 2.05) is 0 Å². The summed E-state index contributed by atoms with van der Waals surface area (Å²) in [5, 5.41) is 0. The molecule has 3 heteroatoms. The molecule has 3 nitrogen and oxygen atoms in total. The van der Waals surface area contributed by atoms with Gasteiger partial charge >= 0.3 is 5.97 Å². The third-order valence-electron chi connectivity index (χ3n) is 2.98. The van der Waals surface area contributed by atoms with E-state index >= 15 is 0 Å². The molecule has 82 valence electrons. The van der Waals surface area contributed by atoms with Crippen LogP contribution in [0.15, 0.2) is 12.2 Å². The predicted molar refractivity (Wildman–Crippen MR) is 55.2 cm³/mol. The summed E-state index contributed by atoms with van der Waals surface area (Å²) in [6, 6.07) is 0. The third kappa shape index (κ3) is 2.91. The van der Waals surface area contributed by atoms with Gasteiger partial charge < -0.3 is 4.74 Å². The van der Waals surface area contributed by atoms with E-state index in [9.17, 15) is 9.59 Å². The van der Waals surface area contributed by atoms with E-state index in [4.69, 9.17) is 4.74 Å². The van der Waals surface area contributed by atoms with E-state index in [0.717, 1.165) is 32.1 Å². The summed E-state index contributed by atoms with van der Waals surface area (Å²) in [6.07, 6.45) is 9.06. The molecule has 0 spiro atoms. The third-order valence-corrected chi connectivity index (χ3v) is 2.98. The smallest absolute Gasteiger partial charge is 0.374 e. The first-order chi connectivity index (χ1) is 7.27. The lowest BCUT2D eigenvalue weighted by Gasteiger charge is -2.16. The number of carbonyl (C=O) groups is 2. The fourth-order valence-electron chi connectivity index (χ4n) is 1.78. The van der Waals surface area contributed by atoms with Gasteiger partial charge in [0.25, 0.3) is 0 Å². The van der Waals surface area contributed by atoms with Crippen molar-refractivity contribution < 1.29 is 14.3 Å². The number of esters is 1. The summed E-state index contributed by atoms with van der Waals surface area (Å²) in [7, 11) is 0. The fraction of sp³-hybridized carbons (Fsp3) is 0.667. The Labute approximate surface area is 89.5 Å². The quantitative estimate of drug-likeness (QED) is 0.402. The van der Waals surface area contributed by atoms with Crippen LogP contribution < -0.4 is 0 Å². The molecule has 0 bridgehead atoms. The van der Waals surface area contributed by atoms with Crippen LogP contribution in [0.3, 0.4) is 0 Å². The summed E-state index contributed by atoms with van der Waals surface area (Å²) in [6.45, 7) is 0.404. The molecular formula is C12H16O3. The van der Waals surface area contributed by atoms with Gasteiger partial charge in [0, 0.05) is 5.92 Å². The minimum atomic E-state index is -0.618. The van der Waals surface area contributed by atoms with Crippen LogP contribution in [0.1, 0.15) is 32.1 Å². The van der Waals surface area contributed by atoms with Crippen molar-refractivity contribution in [1.82, 2.24) is 0 Å². The topological polar surface area (TPSA) is 43.4 Å². The average molecular weight is 208 g/mol. The van der Waals surface area contributed by atoms with Crippen molar-refractivity contribution in [2.75, 3.05) is 6.61 Å². The molecular weight excluding hydrogens is 192 g/mol. The molecule has 15 heavy (non-hydrogen) atoms. The molecule has 0 heterocycles. The summed E-state index contributed by atoms with van der Waals surface area (Å²) >= 11 is 0. The van der Waals surface area contributed by atoms with Crippen molar-refractivity contribution in [3.63, 3.8) is 0 Å². The number of ketones is 1. The van der Waals surface area contributed by atoms with Crippen molar-refractivity contribution in [3.05, 3.63) is 12.2 Å². The van der Waals surface area contributed by atoms with Gasteiger partial charge in [-0.05, 0) is 38.0 Å². The van der Waals surface area contributed by atoms with E-state index in [2.05, 4.69) is 12.2 Å². The Hall–Kier alpha value is -1.12. The highest BCUT2D eigenvalue weighted by atomic mass is 16.5. The van der Waals surface area contributed by atoms with Crippen molar-refractivity contribution in [2.24, 2.45) is 11.8 Å². The van der Waals surface area contributed by atoms with Crippen LogP contribution in [0, 0.1) is 11.8 Å². The summed E-state index contributed by atoms with van der Waals surface area (Å²) in [5.74, 6) is -0.553. The maximum Gasteiger partial charge on any atom is 0.374 e. The zero-order valence-electron chi connectivity index (χ0n) is 8.78. The zero-order valence-corrected chi connectivity index (χ0v) is 8.78. The van der Waals surface area contributed by atoms with Crippen LogP contribution in [0.2, 0.25) is 0 Å². The Morgan fingerprint density at radius 1 is 1.20 bits per heavy atom. The van der Waals surface area contributed by atoms with E-state index in [0.29, 0.717) is 12.5 Å². The van der Waals surface area contributed by atoms with Gasteiger partial charge in [0.1, 0.15) is 0 Å². The number of Topliss-reactive ketones (excluding diaryl/α,β-unsaturated/α-hetero) is 1. The number of hydrogen-bond acceptors (Lipinski definition) is 3. The highest BCUT2D eigenvalue weighted by molar-refractivity contribution is 6.35. The van der Waals surface area contributed by atoms with Gasteiger partial charge in [-0.3, -0.25) is 4.79 Å². The molecule has 0 amide bonds. The summed E-state index contributed by atoms with van der Waals surface area (Å²) in [5.41, 5.74) is 0. The number of rotatable bonds is 4. The maximum absolute atomic E-state index is 11.3. The SMILES string of the molecule is O=C(OCC1CC=CCC1)C(=O)C1CC1. The maximum atomic E-state index is 11.3. The number of carbonyl (C=O) groups excluding carboxylic acids is 2. The summed E-state index contributed by atoms with van der Waals surface area (Å²) in [4.78, 5) is 22.6. The highest BCUT2D eigenvalue weighted by Crippen LogP contribution is 2.30. The molecule has 1 atom stereocenters. The van der Waals surface area contributed by atoms with Gasteiger partial charge in [0.15, 0.2) is 0 Å². The number of allylic oxidation sites excluding steroid dienone is 2. The molecule has 1 unspecified atom stereocenters. The Morgan fingerprint density at radius 2 is 2.00 bits per heavy atom. The molecule has 1 saturated carbocycles. The summed E-state index contributed by atoms with van der Waals surface area (Å²) < 4.78 is 5.02. The van der Waals surface area contributed by atoms with E-state index in [1.54, 1.807) is 0 Å². The van der Waals surface area contributed by atoms with Crippen molar-refractivity contribution >= 4 is 11.8 Å². The van der Waals surface area contributed by atoms with Crippen LogP contribution in [-0.4, -0.2) is 18.4 Å². The number of hydrogen-bond donors (Lipinski definition) is 0. The Bertz CT molecular complexity index is 289. The monoisotopic (exact) mass is 208 g/mol. The first kappa shape index (κ1) is 10.4. The van der Waals surface area contributed by atoms with Gasteiger partial charge in [-0.25, -0.2) is 4.79 Å². The van der Waals surface area contributed by atoms with Crippen molar-refractivity contribution in [3.8, 4) is 0 Å². The van der Waals surface area contributed by atoms with Gasteiger partial charge in [-0.2, -0.15) is 0 Å². The highest BCUT2D eigenvalue weighted by Gasteiger charge is 2.35. The Kier molecular flexibility index (Phi) is 3.19. The van der Waals surface area contributed by atoms with E-state index in [-0.39, 0.29) is 11.7 Å².